The molecule has 0 atom stereocenters. The van der Waals surface area contributed by atoms with Crippen LogP contribution in [0.2, 0.25) is 0 Å². The maximum absolute atomic E-state index is 9.85. The lowest BCUT2D eigenvalue weighted by molar-refractivity contribution is -0.00000467. The van der Waals surface area contributed by atoms with E-state index >= 15 is 0 Å². The van der Waals surface area contributed by atoms with Crippen molar-refractivity contribution in [2.75, 3.05) is 6.26 Å². The van der Waals surface area contributed by atoms with E-state index in [9.17, 15) is 5.11 Å². The lowest BCUT2D eigenvalue weighted by atomic mass is 10.0. The second-order valence-electron chi connectivity index (χ2n) is 3.61. The SMILES string of the molecule is CS/C(N)=N/N=C/c1c(O)ccc2ccccc12.[I-]. The highest BCUT2D eigenvalue weighted by atomic mass is 127. The number of aromatic hydroxyl groups is 1. The van der Waals surface area contributed by atoms with Crippen molar-refractivity contribution in [3.63, 3.8) is 0 Å². The molecule has 0 aromatic heterocycles. The van der Waals surface area contributed by atoms with Crippen molar-refractivity contribution in [3.05, 3.63) is 42.0 Å². The number of thioether (sulfide) groups is 1. The van der Waals surface area contributed by atoms with E-state index in [4.69, 9.17) is 5.73 Å². The van der Waals surface area contributed by atoms with Gasteiger partial charge < -0.3 is 34.8 Å². The smallest absolute Gasteiger partial charge is 0.180 e. The van der Waals surface area contributed by atoms with E-state index in [1.807, 2.05) is 36.6 Å². The first kappa shape index (κ1) is 15.8. The summed E-state index contributed by atoms with van der Waals surface area (Å²) in [6.45, 7) is 0. The zero-order valence-electron chi connectivity index (χ0n) is 10.2. The number of fused-ring (bicyclic) bond motifs is 1. The van der Waals surface area contributed by atoms with Gasteiger partial charge in [0.25, 0.3) is 0 Å². The monoisotopic (exact) mass is 386 g/mol. The van der Waals surface area contributed by atoms with Crippen LogP contribution in [0.1, 0.15) is 5.56 Å². The Kier molecular flexibility index (Phi) is 6.10. The molecule has 2 rings (SSSR count). The number of nitrogens with two attached hydrogens (primary N) is 1. The third kappa shape index (κ3) is 3.84. The maximum atomic E-state index is 9.85. The van der Waals surface area contributed by atoms with Crippen LogP contribution in [0.5, 0.6) is 5.75 Å². The Balaban J connectivity index is 0.00000180. The van der Waals surface area contributed by atoms with Crippen LogP contribution in [0.15, 0.2) is 46.6 Å². The van der Waals surface area contributed by atoms with Gasteiger partial charge in [-0.05, 0) is 23.1 Å². The molecule has 6 heteroatoms. The van der Waals surface area contributed by atoms with Crippen molar-refractivity contribution < 1.29 is 29.1 Å². The van der Waals surface area contributed by atoms with Gasteiger partial charge >= 0.3 is 0 Å². The molecule has 0 saturated carbocycles. The largest absolute Gasteiger partial charge is 1.00 e. The third-order valence-electron chi connectivity index (χ3n) is 2.50. The highest BCUT2D eigenvalue weighted by Crippen LogP contribution is 2.25. The summed E-state index contributed by atoms with van der Waals surface area (Å²) in [6.07, 6.45) is 3.34. The van der Waals surface area contributed by atoms with Crippen molar-refractivity contribution in [1.82, 2.24) is 0 Å². The van der Waals surface area contributed by atoms with Gasteiger partial charge in [-0.2, -0.15) is 5.10 Å². The van der Waals surface area contributed by atoms with E-state index in [-0.39, 0.29) is 29.7 Å². The molecule has 0 aliphatic rings. The number of hydrogen-bond acceptors (Lipinski definition) is 4. The average Bonchev–Trinajstić information content (AvgIpc) is 2.41. The molecule has 0 amide bonds. The normalized spacial score (nSPS) is 11.7. The van der Waals surface area contributed by atoms with Crippen molar-refractivity contribution in [3.8, 4) is 5.75 Å². The number of phenolic OH excluding ortho intramolecular Hbond substituents is 1. The first-order chi connectivity index (χ1) is 8.72. The predicted molar refractivity (Wildman–Crippen MR) is 78.3 cm³/mol. The summed E-state index contributed by atoms with van der Waals surface area (Å²) in [5, 5.41) is 19.9. The van der Waals surface area contributed by atoms with Crippen LogP contribution in [0.4, 0.5) is 0 Å². The number of hydrogen-bond donors (Lipinski definition) is 2. The van der Waals surface area contributed by atoms with Crippen LogP contribution in [-0.2, 0) is 0 Å². The lowest BCUT2D eigenvalue weighted by Crippen LogP contribution is -3.00. The number of phenols is 1. The molecule has 0 bridgehead atoms. The standard InChI is InChI=1S/C13H13N3OS.HI/c1-18-13(14)16-15-8-11-10-5-3-2-4-9(10)6-7-12(11)17;/h2-8,17H,1H3,(H2,14,16);1H/p-1/b15-8+;. The molecule has 0 radical (unpaired) electrons. The zero-order chi connectivity index (χ0) is 13.0. The van der Waals surface area contributed by atoms with Gasteiger partial charge in [0.15, 0.2) is 5.17 Å². The van der Waals surface area contributed by atoms with Crippen LogP contribution < -0.4 is 29.7 Å². The Morgan fingerprint density at radius 2 is 2.00 bits per heavy atom. The number of nitrogens with zero attached hydrogens (tertiary/aromatic N) is 2. The molecule has 0 aliphatic heterocycles. The minimum absolute atomic E-state index is 0. The van der Waals surface area contributed by atoms with Crippen LogP contribution in [0.25, 0.3) is 10.8 Å². The summed E-state index contributed by atoms with van der Waals surface area (Å²) in [5.41, 5.74) is 6.17. The second kappa shape index (κ2) is 7.34. The van der Waals surface area contributed by atoms with Gasteiger partial charge in [-0.1, -0.05) is 42.1 Å². The molecule has 0 unspecified atom stereocenters. The minimum atomic E-state index is 0. The molecule has 4 nitrogen and oxygen atoms in total. The summed E-state index contributed by atoms with van der Waals surface area (Å²) in [5.74, 6) is 0.176. The van der Waals surface area contributed by atoms with E-state index in [1.165, 1.54) is 18.0 Å². The molecule has 19 heavy (non-hydrogen) atoms. The van der Waals surface area contributed by atoms with E-state index in [0.29, 0.717) is 10.7 Å². The molecule has 3 N–H and O–H groups in total. The Hall–Kier alpha value is -1.28. The molecule has 0 fully saturated rings. The molecule has 2 aromatic carbocycles. The predicted octanol–water partition coefficient (Wildman–Crippen LogP) is -0.439. The first-order valence-electron chi connectivity index (χ1n) is 5.33. The Labute approximate surface area is 132 Å². The van der Waals surface area contributed by atoms with Crippen LogP contribution >= 0.6 is 11.8 Å². The fourth-order valence-corrected chi connectivity index (χ4v) is 1.73. The highest BCUT2D eigenvalue weighted by Gasteiger charge is 2.03. The number of rotatable bonds is 2. The first-order valence-corrected chi connectivity index (χ1v) is 6.56. The Bertz CT molecular complexity index is 628. The number of benzene rings is 2. The second-order valence-corrected chi connectivity index (χ2v) is 4.43. The van der Waals surface area contributed by atoms with E-state index < -0.39 is 0 Å². The van der Waals surface area contributed by atoms with Crippen LogP contribution in [0, 0.1) is 0 Å². The van der Waals surface area contributed by atoms with Crippen molar-refractivity contribution in [1.29, 1.82) is 0 Å². The Morgan fingerprint density at radius 3 is 2.74 bits per heavy atom. The van der Waals surface area contributed by atoms with Gasteiger partial charge in [0.05, 0.1) is 6.21 Å². The molecule has 2 aromatic rings. The number of amidine groups is 1. The van der Waals surface area contributed by atoms with Crippen LogP contribution in [-0.4, -0.2) is 22.7 Å². The fourth-order valence-electron chi connectivity index (χ4n) is 1.60. The van der Waals surface area contributed by atoms with Gasteiger partial charge in [0, 0.05) is 5.56 Å². The van der Waals surface area contributed by atoms with E-state index in [1.54, 1.807) is 6.07 Å². The van der Waals surface area contributed by atoms with Gasteiger partial charge in [-0.25, -0.2) is 0 Å². The number of halogens is 1. The molecule has 0 aliphatic carbocycles. The lowest BCUT2D eigenvalue weighted by Gasteiger charge is -2.03. The van der Waals surface area contributed by atoms with Gasteiger partial charge in [-0.15, -0.1) is 5.10 Å². The quantitative estimate of drug-likeness (QED) is 0.318. The average molecular weight is 386 g/mol. The zero-order valence-corrected chi connectivity index (χ0v) is 13.2. The molecule has 0 heterocycles. The molecule has 0 saturated heterocycles. The molecule has 100 valence electrons. The third-order valence-corrected chi connectivity index (χ3v) is 3.00. The van der Waals surface area contributed by atoms with Crippen LogP contribution in [0.3, 0.4) is 0 Å². The Morgan fingerprint density at radius 1 is 1.26 bits per heavy atom. The molecular weight excluding hydrogens is 373 g/mol. The fraction of sp³-hybridized carbons (Fsp3) is 0.0769. The molecule has 0 spiro atoms. The van der Waals surface area contributed by atoms with Crippen molar-refractivity contribution in [2.45, 2.75) is 0 Å². The summed E-state index contributed by atoms with van der Waals surface area (Å²) in [4.78, 5) is 0. The van der Waals surface area contributed by atoms with Gasteiger partial charge in [-0.3, -0.25) is 0 Å². The highest BCUT2D eigenvalue weighted by molar-refractivity contribution is 8.13. The topological polar surface area (TPSA) is 71.0 Å². The minimum Gasteiger partial charge on any atom is -1.00 e. The summed E-state index contributed by atoms with van der Waals surface area (Å²) in [7, 11) is 0. The maximum Gasteiger partial charge on any atom is 0.180 e. The van der Waals surface area contributed by atoms with E-state index in [0.717, 1.165) is 10.8 Å². The summed E-state index contributed by atoms with van der Waals surface area (Å²) < 4.78 is 0. The summed E-state index contributed by atoms with van der Waals surface area (Å²) >= 11 is 1.32. The summed E-state index contributed by atoms with van der Waals surface area (Å²) in [6, 6.07) is 11.3. The van der Waals surface area contributed by atoms with Crippen molar-refractivity contribution >= 4 is 33.9 Å². The van der Waals surface area contributed by atoms with Crippen molar-refractivity contribution in [2.24, 2.45) is 15.9 Å². The molecular formula is C13H13IN3OS-. The van der Waals surface area contributed by atoms with E-state index in [2.05, 4.69) is 10.2 Å². The van der Waals surface area contributed by atoms with Gasteiger partial charge in [0.1, 0.15) is 5.75 Å². The van der Waals surface area contributed by atoms with Gasteiger partial charge in [0.2, 0.25) is 0 Å².